The first-order valence-corrected chi connectivity index (χ1v) is 5.64. The quantitative estimate of drug-likeness (QED) is 0.749. The molecule has 0 aromatic carbocycles. The Hall–Kier alpha value is -1.44. The van der Waals surface area contributed by atoms with E-state index < -0.39 is 21.9 Å². The number of alkyl halides is 3. The lowest BCUT2D eigenvalue weighted by atomic mass is 10.3. The van der Waals surface area contributed by atoms with Crippen LogP contribution >= 0.6 is 15.9 Å². The van der Waals surface area contributed by atoms with Crippen molar-refractivity contribution in [1.29, 1.82) is 0 Å². The molecule has 18 heavy (non-hydrogen) atoms. The Kier molecular flexibility index (Phi) is 2.92. The number of halogens is 4. The van der Waals surface area contributed by atoms with Gasteiger partial charge in [0, 0.05) is 6.20 Å². The van der Waals surface area contributed by atoms with Gasteiger partial charge in [-0.25, -0.2) is 4.98 Å². The zero-order valence-electron chi connectivity index (χ0n) is 9.34. The molecule has 0 fully saturated rings. The van der Waals surface area contributed by atoms with E-state index in [9.17, 15) is 18.0 Å². The first-order valence-electron chi connectivity index (χ1n) is 4.85. The number of rotatable bonds is 0. The lowest BCUT2D eigenvalue weighted by molar-refractivity contribution is -0.141. The van der Waals surface area contributed by atoms with Crippen molar-refractivity contribution < 1.29 is 13.2 Å². The lowest BCUT2D eigenvalue weighted by Gasteiger charge is -2.11. The summed E-state index contributed by atoms with van der Waals surface area (Å²) in [6, 6.07) is 0. The van der Waals surface area contributed by atoms with Gasteiger partial charge in [-0.15, -0.1) is 0 Å². The summed E-state index contributed by atoms with van der Waals surface area (Å²) < 4.78 is 38.6. The summed E-state index contributed by atoms with van der Waals surface area (Å²) in [4.78, 5) is 19.3. The van der Waals surface area contributed by atoms with E-state index in [2.05, 4.69) is 25.9 Å². The van der Waals surface area contributed by atoms with E-state index in [0.29, 0.717) is 5.69 Å². The lowest BCUT2D eigenvalue weighted by Crippen LogP contribution is -2.23. The largest absolute Gasteiger partial charge is 0.434 e. The molecule has 2 aromatic heterocycles. The maximum absolute atomic E-state index is 12.7. The van der Waals surface area contributed by atoms with E-state index in [4.69, 9.17) is 0 Å². The minimum atomic E-state index is -4.69. The van der Waals surface area contributed by atoms with Crippen molar-refractivity contribution in [2.45, 2.75) is 20.0 Å². The molecular formula is C10H7BrF3N3O. The molecular weight excluding hydrogens is 315 g/mol. The normalized spacial score (nSPS) is 12.1. The van der Waals surface area contributed by atoms with Crippen molar-refractivity contribution in [2.75, 3.05) is 0 Å². The molecule has 0 N–H and O–H groups in total. The highest BCUT2D eigenvalue weighted by Crippen LogP contribution is 2.31. The van der Waals surface area contributed by atoms with Gasteiger partial charge in [0.2, 0.25) is 0 Å². The Morgan fingerprint density at radius 2 is 1.89 bits per heavy atom. The SMILES string of the molecule is Cc1cn2c(=O)c(Br)c(C(F)(F)F)nc2c(C)n1. The molecule has 0 aliphatic rings. The number of aryl methyl sites for hydroxylation is 2. The molecule has 96 valence electrons. The third-order valence-corrected chi connectivity index (χ3v) is 3.03. The fourth-order valence-corrected chi connectivity index (χ4v) is 2.11. The van der Waals surface area contributed by atoms with Crippen LogP contribution in [0, 0.1) is 13.8 Å². The van der Waals surface area contributed by atoms with Crippen molar-refractivity contribution in [3.05, 3.63) is 38.1 Å². The summed E-state index contributed by atoms with van der Waals surface area (Å²) in [5.41, 5.74) is -1.34. The summed E-state index contributed by atoms with van der Waals surface area (Å²) >= 11 is 2.65. The van der Waals surface area contributed by atoms with Crippen LogP contribution < -0.4 is 5.56 Å². The molecule has 4 nitrogen and oxygen atoms in total. The van der Waals surface area contributed by atoms with Crippen LogP contribution in [0.15, 0.2) is 15.5 Å². The highest BCUT2D eigenvalue weighted by molar-refractivity contribution is 9.10. The van der Waals surface area contributed by atoms with Crippen LogP contribution in [0.4, 0.5) is 13.2 Å². The second-order valence-electron chi connectivity index (χ2n) is 3.74. The molecule has 0 amide bonds. The summed E-state index contributed by atoms with van der Waals surface area (Å²) in [5.74, 6) is 0. The van der Waals surface area contributed by atoms with E-state index in [-0.39, 0.29) is 11.3 Å². The molecule has 2 rings (SSSR count). The van der Waals surface area contributed by atoms with Crippen LogP contribution in [0.1, 0.15) is 17.1 Å². The maximum Gasteiger partial charge on any atom is 0.434 e. The van der Waals surface area contributed by atoms with E-state index in [0.717, 1.165) is 4.40 Å². The second-order valence-corrected chi connectivity index (χ2v) is 4.53. The molecule has 0 unspecified atom stereocenters. The van der Waals surface area contributed by atoms with Gasteiger partial charge in [-0.1, -0.05) is 0 Å². The van der Waals surface area contributed by atoms with Crippen LogP contribution in [0.5, 0.6) is 0 Å². The second kappa shape index (κ2) is 4.04. The number of aromatic nitrogens is 3. The molecule has 0 bridgehead atoms. The average molecular weight is 322 g/mol. The number of fused-ring (bicyclic) bond motifs is 1. The Balaban J connectivity index is 2.98. The van der Waals surface area contributed by atoms with E-state index in [1.807, 2.05) is 0 Å². The predicted molar refractivity (Wildman–Crippen MR) is 61.4 cm³/mol. The van der Waals surface area contributed by atoms with Gasteiger partial charge in [-0.3, -0.25) is 14.2 Å². The van der Waals surface area contributed by atoms with Gasteiger partial charge in [0.25, 0.3) is 5.56 Å². The summed E-state index contributed by atoms with van der Waals surface area (Å²) in [6.07, 6.45) is -3.34. The van der Waals surface area contributed by atoms with Crippen molar-refractivity contribution in [1.82, 2.24) is 14.4 Å². The van der Waals surface area contributed by atoms with Gasteiger partial charge in [0.05, 0.1) is 11.4 Å². The molecule has 0 spiro atoms. The predicted octanol–water partition coefficient (Wildman–Crippen LogP) is 2.49. The molecule has 2 heterocycles. The molecule has 8 heteroatoms. The van der Waals surface area contributed by atoms with Crippen molar-refractivity contribution >= 4 is 21.6 Å². The third-order valence-electron chi connectivity index (χ3n) is 2.31. The van der Waals surface area contributed by atoms with Gasteiger partial charge >= 0.3 is 6.18 Å². The van der Waals surface area contributed by atoms with Crippen molar-refractivity contribution in [3.8, 4) is 0 Å². The van der Waals surface area contributed by atoms with E-state index >= 15 is 0 Å². The zero-order valence-corrected chi connectivity index (χ0v) is 10.9. The molecule has 2 aromatic rings. The number of hydrogen-bond donors (Lipinski definition) is 0. The van der Waals surface area contributed by atoms with Gasteiger partial charge in [-0.05, 0) is 29.8 Å². The summed E-state index contributed by atoms with van der Waals surface area (Å²) in [6.45, 7) is 3.15. The van der Waals surface area contributed by atoms with Crippen LogP contribution in [-0.2, 0) is 6.18 Å². The minimum absolute atomic E-state index is 0.0962. The standard InChI is InChI=1S/C10H7BrF3N3O/c1-4-3-17-8(5(2)15-4)16-7(10(12,13)14)6(11)9(17)18/h3H,1-2H3. The van der Waals surface area contributed by atoms with Crippen molar-refractivity contribution in [3.63, 3.8) is 0 Å². The molecule has 0 saturated heterocycles. The summed E-state index contributed by atoms with van der Waals surface area (Å²) in [5, 5.41) is 0. The van der Waals surface area contributed by atoms with Crippen LogP contribution in [0.2, 0.25) is 0 Å². The van der Waals surface area contributed by atoms with Gasteiger partial charge in [-0.2, -0.15) is 13.2 Å². The minimum Gasteiger partial charge on any atom is -0.268 e. The van der Waals surface area contributed by atoms with Crippen LogP contribution in [0.25, 0.3) is 5.65 Å². The number of hydrogen-bond acceptors (Lipinski definition) is 3. The van der Waals surface area contributed by atoms with Crippen LogP contribution in [-0.4, -0.2) is 14.4 Å². The van der Waals surface area contributed by atoms with Crippen molar-refractivity contribution in [2.24, 2.45) is 0 Å². The Morgan fingerprint density at radius 3 is 2.44 bits per heavy atom. The van der Waals surface area contributed by atoms with Gasteiger partial charge < -0.3 is 0 Å². The fourth-order valence-electron chi connectivity index (χ4n) is 1.61. The first-order chi connectivity index (χ1) is 8.21. The first kappa shape index (κ1) is 13.0. The zero-order chi connectivity index (χ0) is 13.7. The van der Waals surface area contributed by atoms with Gasteiger partial charge in [0.15, 0.2) is 11.3 Å². The maximum atomic E-state index is 12.7. The Labute approximate surface area is 108 Å². The Morgan fingerprint density at radius 1 is 1.28 bits per heavy atom. The molecule has 0 atom stereocenters. The highest BCUT2D eigenvalue weighted by atomic mass is 79.9. The van der Waals surface area contributed by atoms with Gasteiger partial charge in [0.1, 0.15) is 4.47 Å². The third kappa shape index (κ3) is 2.00. The Bertz CT molecular complexity index is 693. The molecule has 0 aliphatic heterocycles. The molecule has 0 saturated carbocycles. The molecule has 0 aliphatic carbocycles. The number of nitrogens with zero attached hydrogens (tertiary/aromatic N) is 3. The topological polar surface area (TPSA) is 47.3 Å². The summed E-state index contributed by atoms with van der Waals surface area (Å²) in [7, 11) is 0. The van der Waals surface area contributed by atoms with E-state index in [1.54, 1.807) is 6.92 Å². The monoisotopic (exact) mass is 321 g/mol. The van der Waals surface area contributed by atoms with E-state index in [1.165, 1.54) is 13.1 Å². The smallest absolute Gasteiger partial charge is 0.268 e. The fraction of sp³-hybridized carbons (Fsp3) is 0.300. The highest BCUT2D eigenvalue weighted by Gasteiger charge is 2.37. The average Bonchev–Trinajstić information content (AvgIpc) is 2.22. The van der Waals surface area contributed by atoms with Crippen LogP contribution in [0.3, 0.4) is 0 Å². The molecule has 0 radical (unpaired) electrons.